The number of carbonyl (C=O) groups is 1. The van der Waals surface area contributed by atoms with Crippen molar-refractivity contribution in [1.82, 2.24) is 0 Å². The molecule has 0 atom stereocenters. The minimum atomic E-state index is -0.139. The third kappa shape index (κ3) is 3.19. The fourth-order valence-corrected chi connectivity index (χ4v) is 1.34. The zero-order valence-corrected chi connectivity index (χ0v) is 9.61. The Bertz CT molecular complexity index is 526. The summed E-state index contributed by atoms with van der Waals surface area (Å²) in [4.78, 5) is 10.8. The zero-order valence-electron chi connectivity index (χ0n) is 9.61. The van der Waals surface area contributed by atoms with Crippen LogP contribution in [0.3, 0.4) is 0 Å². The van der Waals surface area contributed by atoms with Gasteiger partial charge in [0.15, 0.2) is 0 Å². The molecule has 1 amide bonds. The molecule has 0 aliphatic carbocycles. The molecule has 17 heavy (non-hydrogen) atoms. The second-order valence-corrected chi connectivity index (χ2v) is 3.48. The topological polar surface area (TPSA) is 76.7 Å². The highest BCUT2D eigenvalue weighted by molar-refractivity contribution is 5.89. The van der Waals surface area contributed by atoms with Crippen molar-refractivity contribution in [2.75, 3.05) is 5.32 Å². The van der Waals surface area contributed by atoms with E-state index in [0.29, 0.717) is 11.3 Å². The Hall–Kier alpha value is -2.59. The van der Waals surface area contributed by atoms with Crippen LogP contribution in [-0.4, -0.2) is 5.91 Å². The number of allylic oxidation sites excluding steroid dienone is 2. The SMILES string of the molecule is CC(=O)Nc1ccc(C(C)=C(C#N)C#N)cc1. The average molecular weight is 225 g/mol. The minimum absolute atomic E-state index is 0.0947. The average Bonchev–Trinajstić information content (AvgIpc) is 2.30. The third-order valence-electron chi connectivity index (χ3n) is 2.24. The molecule has 0 saturated carbocycles. The molecule has 0 aliphatic heterocycles. The molecule has 0 saturated heterocycles. The lowest BCUT2D eigenvalue weighted by Gasteiger charge is -2.04. The van der Waals surface area contributed by atoms with Crippen molar-refractivity contribution in [3.05, 3.63) is 35.4 Å². The Kier molecular flexibility index (Phi) is 4.02. The van der Waals surface area contributed by atoms with Crippen molar-refractivity contribution in [3.8, 4) is 12.1 Å². The molecule has 0 unspecified atom stereocenters. The molecule has 0 spiro atoms. The fraction of sp³-hybridized carbons (Fsp3) is 0.154. The predicted octanol–water partition coefficient (Wildman–Crippen LogP) is 2.47. The van der Waals surface area contributed by atoms with E-state index in [2.05, 4.69) is 5.32 Å². The maximum absolute atomic E-state index is 10.8. The molecule has 1 aromatic rings. The summed E-state index contributed by atoms with van der Waals surface area (Å²) in [5.74, 6) is -0.139. The van der Waals surface area contributed by atoms with E-state index >= 15 is 0 Å². The first-order valence-corrected chi connectivity index (χ1v) is 4.97. The maximum atomic E-state index is 10.8. The van der Waals surface area contributed by atoms with E-state index in [4.69, 9.17) is 10.5 Å². The highest BCUT2D eigenvalue weighted by Gasteiger charge is 2.04. The number of nitrogens with zero attached hydrogens (tertiary/aromatic N) is 2. The fourth-order valence-electron chi connectivity index (χ4n) is 1.34. The van der Waals surface area contributed by atoms with Gasteiger partial charge in [-0.25, -0.2) is 0 Å². The van der Waals surface area contributed by atoms with Crippen molar-refractivity contribution in [2.45, 2.75) is 13.8 Å². The number of anilines is 1. The van der Waals surface area contributed by atoms with Gasteiger partial charge in [-0.05, 0) is 30.2 Å². The third-order valence-corrected chi connectivity index (χ3v) is 2.24. The van der Waals surface area contributed by atoms with E-state index in [1.54, 1.807) is 31.2 Å². The molecular weight excluding hydrogens is 214 g/mol. The first kappa shape index (κ1) is 12.5. The van der Waals surface area contributed by atoms with Crippen LogP contribution >= 0.6 is 0 Å². The largest absolute Gasteiger partial charge is 0.326 e. The Morgan fingerprint density at radius 2 is 1.65 bits per heavy atom. The van der Waals surface area contributed by atoms with Crippen LogP contribution in [-0.2, 0) is 4.79 Å². The molecule has 1 aromatic carbocycles. The van der Waals surface area contributed by atoms with Crippen molar-refractivity contribution >= 4 is 17.2 Å². The Morgan fingerprint density at radius 3 is 2.06 bits per heavy atom. The van der Waals surface area contributed by atoms with Gasteiger partial charge in [-0.15, -0.1) is 0 Å². The molecule has 84 valence electrons. The van der Waals surface area contributed by atoms with Crippen molar-refractivity contribution in [3.63, 3.8) is 0 Å². The summed E-state index contributed by atoms with van der Waals surface area (Å²) in [5.41, 5.74) is 2.20. The van der Waals surface area contributed by atoms with Crippen LogP contribution in [0, 0.1) is 22.7 Å². The predicted molar refractivity (Wildman–Crippen MR) is 64.6 cm³/mol. The number of amides is 1. The quantitative estimate of drug-likeness (QED) is 0.785. The minimum Gasteiger partial charge on any atom is -0.326 e. The Labute approximate surface area is 99.8 Å². The van der Waals surface area contributed by atoms with Crippen molar-refractivity contribution in [1.29, 1.82) is 10.5 Å². The van der Waals surface area contributed by atoms with Crippen LogP contribution in [0.5, 0.6) is 0 Å². The van der Waals surface area contributed by atoms with Gasteiger partial charge in [0, 0.05) is 12.6 Å². The zero-order chi connectivity index (χ0) is 12.8. The summed E-state index contributed by atoms with van der Waals surface area (Å²) in [5, 5.41) is 20.1. The molecule has 0 bridgehead atoms. The molecule has 0 aromatic heterocycles. The van der Waals surface area contributed by atoms with E-state index in [1.807, 2.05) is 12.1 Å². The molecule has 4 nitrogen and oxygen atoms in total. The summed E-state index contributed by atoms with van der Waals surface area (Å²) in [6.45, 7) is 3.15. The molecule has 0 radical (unpaired) electrons. The summed E-state index contributed by atoms with van der Waals surface area (Å²) >= 11 is 0. The highest BCUT2D eigenvalue weighted by Crippen LogP contribution is 2.19. The Morgan fingerprint density at radius 1 is 1.12 bits per heavy atom. The number of hydrogen-bond acceptors (Lipinski definition) is 3. The number of rotatable bonds is 2. The van der Waals surface area contributed by atoms with Crippen LogP contribution in [0.25, 0.3) is 5.57 Å². The van der Waals surface area contributed by atoms with Crippen LogP contribution in [0.4, 0.5) is 5.69 Å². The van der Waals surface area contributed by atoms with E-state index in [0.717, 1.165) is 5.56 Å². The van der Waals surface area contributed by atoms with Gasteiger partial charge in [0.2, 0.25) is 5.91 Å². The number of benzene rings is 1. The highest BCUT2D eigenvalue weighted by atomic mass is 16.1. The number of nitrogens with one attached hydrogen (secondary N) is 1. The van der Waals surface area contributed by atoms with Gasteiger partial charge < -0.3 is 5.32 Å². The summed E-state index contributed by atoms with van der Waals surface area (Å²) in [7, 11) is 0. The molecule has 4 heteroatoms. The number of hydrogen-bond donors (Lipinski definition) is 1. The summed E-state index contributed by atoms with van der Waals surface area (Å²) < 4.78 is 0. The van der Waals surface area contributed by atoms with Gasteiger partial charge in [-0.1, -0.05) is 12.1 Å². The molecule has 0 aliphatic rings. The standard InChI is InChI=1S/C13H11N3O/c1-9(12(7-14)8-15)11-3-5-13(6-4-11)16-10(2)17/h3-6H,1-2H3,(H,16,17). The molecule has 1 rings (SSSR count). The second-order valence-electron chi connectivity index (χ2n) is 3.48. The van der Waals surface area contributed by atoms with E-state index in [9.17, 15) is 4.79 Å². The van der Waals surface area contributed by atoms with Crippen molar-refractivity contribution in [2.24, 2.45) is 0 Å². The van der Waals surface area contributed by atoms with E-state index in [1.165, 1.54) is 6.92 Å². The second kappa shape index (κ2) is 5.48. The van der Waals surface area contributed by atoms with Crippen LogP contribution in [0.15, 0.2) is 29.8 Å². The molecule has 0 fully saturated rings. The van der Waals surface area contributed by atoms with Gasteiger partial charge in [-0.3, -0.25) is 4.79 Å². The normalized spacial score (nSPS) is 8.71. The Balaban J connectivity index is 3.05. The summed E-state index contributed by atoms with van der Waals surface area (Å²) in [6.07, 6.45) is 0. The van der Waals surface area contributed by atoms with Gasteiger partial charge in [0.25, 0.3) is 0 Å². The monoisotopic (exact) mass is 225 g/mol. The first-order valence-electron chi connectivity index (χ1n) is 4.97. The van der Waals surface area contributed by atoms with Gasteiger partial charge in [-0.2, -0.15) is 10.5 Å². The lowest BCUT2D eigenvalue weighted by atomic mass is 10.0. The van der Waals surface area contributed by atoms with Gasteiger partial charge >= 0.3 is 0 Å². The lowest BCUT2D eigenvalue weighted by molar-refractivity contribution is -0.114. The smallest absolute Gasteiger partial charge is 0.221 e. The van der Waals surface area contributed by atoms with Crippen LogP contribution < -0.4 is 5.32 Å². The maximum Gasteiger partial charge on any atom is 0.221 e. The lowest BCUT2D eigenvalue weighted by Crippen LogP contribution is -2.05. The first-order chi connectivity index (χ1) is 8.08. The molecule has 0 heterocycles. The van der Waals surface area contributed by atoms with E-state index in [-0.39, 0.29) is 11.5 Å². The van der Waals surface area contributed by atoms with Gasteiger partial charge in [0.05, 0.1) is 0 Å². The molecular formula is C13H11N3O. The van der Waals surface area contributed by atoms with Gasteiger partial charge in [0.1, 0.15) is 17.7 Å². The van der Waals surface area contributed by atoms with E-state index < -0.39 is 0 Å². The van der Waals surface area contributed by atoms with Crippen LogP contribution in [0.2, 0.25) is 0 Å². The molecule has 1 N–H and O–H groups in total. The van der Waals surface area contributed by atoms with Crippen LogP contribution in [0.1, 0.15) is 19.4 Å². The summed E-state index contributed by atoms with van der Waals surface area (Å²) in [6, 6.07) is 10.7. The van der Waals surface area contributed by atoms with Crippen molar-refractivity contribution < 1.29 is 4.79 Å². The number of carbonyl (C=O) groups excluding carboxylic acids is 1. The number of nitriles is 2.